The molecule has 1 fully saturated rings. The predicted octanol–water partition coefficient (Wildman–Crippen LogP) is 2.42. The number of aliphatic hydroxyl groups is 2. The molecule has 0 saturated heterocycles. The van der Waals surface area contributed by atoms with Crippen LogP contribution in [0.4, 0.5) is 0 Å². The van der Waals surface area contributed by atoms with Gasteiger partial charge in [0, 0.05) is 18.9 Å². The van der Waals surface area contributed by atoms with E-state index in [0.29, 0.717) is 25.2 Å². The molecule has 114 valence electrons. The van der Waals surface area contributed by atoms with Crippen LogP contribution in [0.15, 0.2) is 24.3 Å². The first-order valence-corrected chi connectivity index (χ1v) is 7.81. The summed E-state index contributed by atoms with van der Waals surface area (Å²) >= 11 is 0. The number of fused-ring (bicyclic) bond motifs is 1. The predicted molar refractivity (Wildman–Crippen MR) is 83.0 cm³/mol. The van der Waals surface area contributed by atoms with Crippen molar-refractivity contribution in [1.82, 2.24) is 9.78 Å². The third-order valence-electron chi connectivity index (χ3n) is 4.98. The molecule has 1 aromatic carbocycles. The molecule has 1 aliphatic rings. The smallest absolute Gasteiger partial charge is 0.0909 e. The summed E-state index contributed by atoms with van der Waals surface area (Å²) in [4.78, 5) is 0. The lowest BCUT2D eigenvalue weighted by atomic mass is 9.75. The van der Waals surface area contributed by atoms with E-state index in [4.69, 9.17) is 0 Å². The van der Waals surface area contributed by atoms with E-state index < -0.39 is 11.7 Å². The second-order valence-corrected chi connectivity index (χ2v) is 6.59. The monoisotopic (exact) mass is 288 g/mol. The number of nitrogens with zero attached hydrogens (tertiary/aromatic N) is 2. The van der Waals surface area contributed by atoms with E-state index in [0.717, 1.165) is 29.4 Å². The van der Waals surface area contributed by atoms with Crippen molar-refractivity contribution in [1.29, 1.82) is 0 Å². The third-order valence-corrected chi connectivity index (χ3v) is 4.98. The van der Waals surface area contributed by atoms with Crippen molar-refractivity contribution in [3.63, 3.8) is 0 Å². The molecule has 2 N–H and O–H groups in total. The van der Waals surface area contributed by atoms with E-state index in [1.54, 1.807) is 0 Å². The van der Waals surface area contributed by atoms with Crippen molar-refractivity contribution in [2.45, 2.75) is 50.7 Å². The second kappa shape index (κ2) is 5.43. The van der Waals surface area contributed by atoms with Crippen LogP contribution in [0.1, 0.15) is 38.3 Å². The molecule has 1 atom stereocenters. The number of hydrogen-bond donors (Lipinski definition) is 2. The molecule has 4 nitrogen and oxygen atoms in total. The standard InChI is InChI=1S/C17H24N2O2/c1-12-7-9-17(21,10-8-12)16(20)11-14-13-5-3-4-6-15(13)19(2)18-14/h3-6,12,16,20-21H,7-11H2,1-2H3. The maximum absolute atomic E-state index is 10.7. The zero-order valence-corrected chi connectivity index (χ0v) is 12.8. The van der Waals surface area contributed by atoms with Crippen LogP contribution in [0.3, 0.4) is 0 Å². The lowest BCUT2D eigenvalue weighted by Gasteiger charge is -2.38. The van der Waals surface area contributed by atoms with Gasteiger partial charge in [0.1, 0.15) is 0 Å². The Kier molecular flexibility index (Phi) is 3.76. The first kappa shape index (κ1) is 14.5. The molecule has 2 aromatic rings. The zero-order chi connectivity index (χ0) is 15.0. The van der Waals surface area contributed by atoms with Crippen LogP contribution >= 0.6 is 0 Å². The SMILES string of the molecule is CC1CCC(O)(C(O)Cc2nn(C)c3ccccc23)CC1. The summed E-state index contributed by atoms with van der Waals surface area (Å²) < 4.78 is 1.84. The highest BCUT2D eigenvalue weighted by Crippen LogP contribution is 2.35. The van der Waals surface area contributed by atoms with Gasteiger partial charge in [0.15, 0.2) is 0 Å². The minimum atomic E-state index is -0.953. The molecule has 0 bridgehead atoms. The number of benzene rings is 1. The van der Waals surface area contributed by atoms with Crippen LogP contribution in [-0.2, 0) is 13.5 Å². The van der Waals surface area contributed by atoms with Crippen molar-refractivity contribution in [3.8, 4) is 0 Å². The summed E-state index contributed by atoms with van der Waals surface area (Å²) in [6, 6.07) is 8.02. The van der Waals surface area contributed by atoms with Crippen molar-refractivity contribution in [2.75, 3.05) is 0 Å². The van der Waals surface area contributed by atoms with Crippen LogP contribution in [0, 0.1) is 5.92 Å². The van der Waals surface area contributed by atoms with Gasteiger partial charge >= 0.3 is 0 Å². The summed E-state index contributed by atoms with van der Waals surface area (Å²) in [6.07, 6.45) is 2.99. The third kappa shape index (κ3) is 2.70. The molecule has 1 aromatic heterocycles. The molecule has 1 saturated carbocycles. The van der Waals surface area contributed by atoms with Crippen molar-refractivity contribution >= 4 is 10.9 Å². The lowest BCUT2D eigenvalue weighted by Crippen LogP contribution is -2.46. The summed E-state index contributed by atoms with van der Waals surface area (Å²) in [6.45, 7) is 2.21. The number of aliphatic hydroxyl groups excluding tert-OH is 1. The highest BCUT2D eigenvalue weighted by molar-refractivity contribution is 5.81. The van der Waals surface area contributed by atoms with E-state index in [1.165, 1.54) is 0 Å². The molecule has 4 heteroatoms. The van der Waals surface area contributed by atoms with Crippen LogP contribution in [0.2, 0.25) is 0 Å². The van der Waals surface area contributed by atoms with E-state index in [-0.39, 0.29) is 0 Å². The highest BCUT2D eigenvalue weighted by atomic mass is 16.3. The van der Waals surface area contributed by atoms with Gasteiger partial charge in [-0.15, -0.1) is 0 Å². The number of para-hydroxylation sites is 1. The summed E-state index contributed by atoms with van der Waals surface area (Å²) in [7, 11) is 1.91. The molecular weight excluding hydrogens is 264 g/mol. The van der Waals surface area contributed by atoms with Crippen molar-refractivity contribution in [3.05, 3.63) is 30.0 Å². The number of aryl methyl sites for hydroxylation is 1. The summed E-state index contributed by atoms with van der Waals surface area (Å²) in [5.74, 6) is 0.646. The van der Waals surface area contributed by atoms with E-state index in [1.807, 2.05) is 36.0 Å². The fourth-order valence-corrected chi connectivity index (χ4v) is 3.41. The molecule has 21 heavy (non-hydrogen) atoms. The fraction of sp³-hybridized carbons (Fsp3) is 0.588. The topological polar surface area (TPSA) is 58.3 Å². The van der Waals surface area contributed by atoms with Gasteiger partial charge in [-0.3, -0.25) is 4.68 Å². The Bertz CT molecular complexity index is 627. The van der Waals surface area contributed by atoms with Gasteiger partial charge in [-0.1, -0.05) is 25.1 Å². The molecule has 1 unspecified atom stereocenters. The van der Waals surface area contributed by atoms with Gasteiger partial charge in [-0.25, -0.2) is 0 Å². The van der Waals surface area contributed by atoms with Gasteiger partial charge in [0.05, 0.1) is 22.9 Å². The van der Waals surface area contributed by atoms with E-state index in [9.17, 15) is 10.2 Å². The minimum absolute atomic E-state index is 0.409. The number of rotatable bonds is 3. The Hall–Kier alpha value is -1.39. The largest absolute Gasteiger partial charge is 0.390 e. The normalized spacial score (nSPS) is 27.9. The Morgan fingerprint density at radius 2 is 2.00 bits per heavy atom. The Balaban J connectivity index is 1.82. The van der Waals surface area contributed by atoms with Crippen molar-refractivity contribution < 1.29 is 10.2 Å². The average molecular weight is 288 g/mol. The molecule has 0 amide bonds. The summed E-state index contributed by atoms with van der Waals surface area (Å²) in [5.41, 5.74) is 0.974. The number of hydrogen-bond acceptors (Lipinski definition) is 3. The van der Waals surface area contributed by atoms with Gasteiger partial charge < -0.3 is 10.2 Å². The quantitative estimate of drug-likeness (QED) is 0.912. The molecule has 0 radical (unpaired) electrons. The summed E-state index contributed by atoms with van der Waals surface area (Å²) in [5, 5.41) is 26.8. The van der Waals surface area contributed by atoms with E-state index in [2.05, 4.69) is 12.0 Å². The zero-order valence-electron chi connectivity index (χ0n) is 12.8. The maximum atomic E-state index is 10.7. The van der Waals surface area contributed by atoms with Crippen LogP contribution < -0.4 is 0 Å². The van der Waals surface area contributed by atoms with Crippen LogP contribution in [0.25, 0.3) is 10.9 Å². The Morgan fingerprint density at radius 3 is 2.71 bits per heavy atom. The first-order valence-electron chi connectivity index (χ1n) is 7.81. The highest BCUT2D eigenvalue weighted by Gasteiger charge is 2.39. The lowest BCUT2D eigenvalue weighted by molar-refractivity contribution is -0.102. The van der Waals surface area contributed by atoms with Crippen molar-refractivity contribution in [2.24, 2.45) is 13.0 Å². The average Bonchev–Trinajstić information content (AvgIpc) is 2.79. The molecule has 1 aliphatic carbocycles. The van der Waals surface area contributed by atoms with Gasteiger partial charge in [0.25, 0.3) is 0 Å². The number of aromatic nitrogens is 2. The molecule has 1 heterocycles. The molecule has 0 aliphatic heterocycles. The van der Waals surface area contributed by atoms with Gasteiger partial charge in [-0.05, 0) is 37.7 Å². The Labute approximate surface area is 125 Å². The molecule has 0 spiro atoms. The Morgan fingerprint density at radius 1 is 1.33 bits per heavy atom. The fourth-order valence-electron chi connectivity index (χ4n) is 3.41. The second-order valence-electron chi connectivity index (χ2n) is 6.59. The molecular formula is C17H24N2O2. The first-order chi connectivity index (χ1) is 9.99. The van der Waals surface area contributed by atoms with Gasteiger partial charge in [-0.2, -0.15) is 5.10 Å². The van der Waals surface area contributed by atoms with Crippen LogP contribution in [0.5, 0.6) is 0 Å². The maximum Gasteiger partial charge on any atom is 0.0909 e. The van der Waals surface area contributed by atoms with Gasteiger partial charge in [0.2, 0.25) is 0 Å². The van der Waals surface area contributed by atoms with Crippen LogP contribution in [-0.4, -0.2) is 31.7 Å². The van der Waals surface area contributed by atoms with E-state index >= 15 is 0 Å². The molecule has 3 rings (SSSR count). The minimum Gasteiger partial charge on any atom is -0.390 e.